The summed E-state index contributed by atoms with van der Waals surface area (Å²) in [5, 5.41) is 3.10. The zero-order valence-electron chi connectivity index (χ0n) is 12.3. The highest BCUT2D eigenvalue weighted by Gasteiger charge is 2.06. The zero-order valence-corrected chi connectivity index (χ0v) is 13.1. The zero-order chi connectivity index (χ0) is 15.2. The molecule has 0 amide bonds. The molecular formula is C16H20ClN3O. The van der Waals surface area contributed by atoms with Crippen LogP contribution in [-0.2, 0) is 19.0 Å². The Morgan fingerprint density at radius 1 is 1.24 bits per heavy atom. The lowest BCUT2D eigenvalue weighted by molar-refractivity contribution is 0.509. The highest BCUT2D eigenvalue weighted by molar-refractivity contribution is 6.17. The molecule has 2 aromatic rings. The number of benzene rings is 1. The summed E-state index contributed by atoms with van der Waals surface area (Å²) in [6.45, 7) is 5.42. The van der Waals surface area contributed by atoms with Gasteiger partial charge in [0.25, 0.3) is 5.56 Å². The van der Waals surface area contributed by atoms with E-state index in [2.05, 4.69) is 24.1 Å². The Labute approximate surface area is 129 Å². The SMILES string of the molecule is CC(C)Cn1ccnc(NCc2ccc(CCl)cc2)c1=O. The van der Waals surface area contributed by atoms with E-state index in [1.807, 2.05) is 24.3 Å². The molecule has 0 atom stereocenters. The Morgan fingerprint density at radius 3 is 2.52 bits per heavy atom. The average Bonchev–Trinajstić information content (AvgIpc) is 2.48. The van der Waals surface area contributed by atoms with E-state index in [0.717, 1.165) is 11.1 Å². The number of hydrogen-bond acceptors (Lipinski definition) is 3. The van der Waals surface area contributed by atoms with Crippen molar-refractivity contribution < 1.29 is 0 Å². The fraction of sp³-hybridized carbons (Fsp3) is 0.375. The molecule has 0 bridgehead atoms. The van der Waals surface area contributed by atoms with Gasteiger partial charge in [-0.2, -0.15) is 0 Å². The first-order chi connectivity index (χ1) is 10.1. The third-order valence-electron chi connectivity index (χ3n) is 3.11. The maximum absolute atomic E-state index is 12.2. The summed E-state index contributed by atoms with van der Waals surface area (Å²) < 4.78 is 1.69. The van der Waals surface area contributed by atoms with Crippen molar-refractivity contribution >= 4 is 17.4 Å². The molecule has 0 aliphatic carbocycles. The number of nitrogens with zero attached hydrogens (tertiary/aromatic N) is 2. The Bertz CT molecular complexity index is 635. The molecule has 112 valence electrons. The van der Waals surface area contributed by atoms with E-state index in [-0.39, 0.29) is 5.56 Å². The molecule has 0 saturated heterocycles. The molecular weight excluding hydrogens is 286 g/mol. The largest absolute Gasteiger partial charge is 0.361 e. The summed E-state index contributed by atoms with van der Waals surface area (Å²) in [5.74, 6) is 1.31. The third kappa shape index (κ3) is 4.33. The Balaban J connectivity index is 2.07. The van der Waals surface area contributed by atoms with Crippen molar-refractivity contribution in [3.63, 3.8) is 0 Å². The van der Waals surface area contributed by atoms with Gasteiger partial charge in [0.05, 0.1) is 0 Å². The maximum atomic E-state index is 12.2. The quantitative estimate of drug-likeness (QED) is 0.833. The van der Waals surface area contributed by atoms with Crippen molar-refractivity contribution in [1.29, 1.82) is 0 Å². The van der Waals surface area contributed by atoms with Crippen LogP contribution in [0.4, 0.5) is 5.82 Å². The highest BCUT2D eigenvalue weighted by Crippen LogP contribution is 2.08. The molecule has 1 aromatic heterocycles. The van der Waals surface area contributed by atoms with Crippen LogP contribution in [0.3, 0.4) is 0 Å². The van der Waals surface area contributed by atoms with Crippen molar-refractivity contribution in [3.8, 4) is 0 Å². The molecule has 0 spiro atoms. The van der Waals surface area contributed by atoms with Crippen LogP contribution < -0.4 is 10.9 Å². The Morgan fingerprint density at radius 2 is 1.90 bits per heavy atom. The first-order valence-corrected chi connectivity index (χ1v) is 7.56. The van der Waals surface area contributed by atoms with Crippen LogP contribution in [-0.4, -0.2) is 9.55 Å². The second-order valence-electron chi connectivity index (χ2n) is 5.43. The molecule has 5 heteroatoms. The lowest BCUT2D eigenvalue weighted by Crippen LogP contribution is -2.25. The monoisotopic (exact) mass is 305 g/mol. The van der Waals surface area contributed by atoms with E-state index in [9.17, 15) is 4.79 Å². The van der Waals surface area contributed by atoms with E-state index >= 15 is 0 Å². The van der Waals surface area contributed by atoms with Crippen LogP contribution in [0.2, 0.25) is 0 Å². The maximum Gasteiger partial charge on any atom is 0.293 e. The number of anilines is 1. The van der Waals surface area contributed by atoms with E-state index in [1.54, 1.807) is 17.0 Å². The number of hydrogen-bond donors (Lipinski definition) is 1. The van der Waals surface area contributed by atoms with Crippen molar-refractivity contribution in [1.82, 2.24) is 9.55 Å². The molecule has 1 aromatic carbocycles. The van der Waals surface area contributed by atoms with Crippen LogP contribution in [0.5, 0.6) is 0 Å². The van der Waals surface area contributed by atoms with Gasteiger partial charge in [-0.05, 0) is 17.0 Å². The van der Waals surface area contributed by atoms with Crippen LogP contribution >= 0.6 is 11.6 Å². The van der Waals surface area contributed by atoms with Gasteiger partial charge in [-0.25, -0.2) is 4.98 Å². The molecule has 0 aliphatic rings. The number of rotatable bonds is 6. The lowest BCUT2D eigenvalue weighted by Gasteiger charge is -2.11. The number of aromatic nitrogens is 2. The summed E-state index contributed by atoms with van der Waals surface area (Å²) >= 11 is 5.76. The molecule has 1 heterocycles. The topological polar surface area (TPSA) is 46.9 Å². The molecule has 4 nitrogen and oxygen atoms in total. The van der Waals surface area contributed by atoms with Crippen molar-refractivity contribution in [2.45, 2.75) is 32.8 Å². The van der Waals surface area contributed by atoms with Crippen molar-refractivity contribution in [2.75, 3.05) is 5.32 Å². The fourth-order valence-electron chi connectivity index (χ4n) is 2.04. The van der Waals surface area contributed by atoms with Crippen LogP contribution in [0, 0.1) is 5.92 Å². The normalized spacial score (nSPS) is 10.9. The van der Waals surface area contributed by atoms with Crippen LogP contribution in [0.1, 0.15) is 25.0 Å². The van der Waals surface area contributed by atoms with E-state index in [1.165, 1.54) is 0 Å². The molecule has 1 N–H and O–H groups in total. The summed E-state index contributed by atoms with van der Waals surface area (Å²) in [6, 6.07) is 7.97. The molecule has 0 fully saturated rings. The van der Waals surface area contributed by atoms with E-state index in [4.69, 9.17) is 11.6 Å². The second kappa shape index (κ2) is 7.27. The van der Waals surface area contributed by atoms with Crippen molar-refractivity contribution in [2.24, 2.45) is 5.92 Å². The van der Waals surface area contributed by atoms with Gasteiger partial charge in [0.2, 0.25) is 0 Å². The minimum absolute atomic E-state index is 0.0800. The predicted molar refractivity (Wildman–Crippen MR) is 86.7 cm³/mol. The summed E-state index contributed by atoms with van der Waals surface area (Å²) in [7, 11) is 0. The van der Waals surface area contributed by atoms with Gasteiger partial charge < -0.3 is 9.88 Å². The van der Waals surface area contributed by atoms with Gasteiger partial charge >= 0.3 is 0 Å². The molecule has 21 heavy (non-hydrogen) atoms. The molecule has 0 radical (unpaired) electrons. The molecule has 2 rings (SSSR count). The predicted octanol–water partition coefficient (Wildman–Crippen LogP) is 3.25. The number of alkyl halides is 1. The van der Waals surface area contributed by atoms with E-state index < -0.39 is 0 Å². The smallest absolute Gasteiger partial charge is 0.293 e. The fourth-order valence-corrected chi connectivity index (χ4v) is 2.22. The van der Waals surface area contributed by atoms with Gasteiger partial charge in [0.1, 0.15) is 0 Å². The minimum Gasteiger partial charge on any atom is -0.361 e. The lowest BCUT2D eigenvalue weighted by atomic mass is 10.1. The Hall–Kier alpha value is -1.81. The first kappa shape index (κ1) is 15.6. The minimum atomic E-state index is -0.0800. The molecule has 0 saturated carbocycles. The highest BCUT2D eigenvalue weighted by atomic mass is 35.5. The number of nitrogens with one attached hydrogen (secondary N) is 1. The molecule has 0 unspecified atom stereocenters. The van der Waals surface area contributed by atoms with Gasteiger partial charge in [0, 0.05) is 31.4 Å². The standard InChI is InChI=1S/C16H20ClN3O/c1-12(2)11-20-8-7-18-15(16(20)21)19-10-14-5-3-13(9-17)4-6-14/h3-8,12H,9-11H2,1-2H3,(H,18,19). The summed E-state index contributed by atoms with van der Waals surface area (Å²) in [4.78, 5) is 16.4. The van der Waals surface area contributed by atoms with Gasteiger partial charge in [-0.15, -0.1) is 11.6 Å². The second-order valence-corrected chi connectivity index (χ2v) is 5.70. The summed E-state index contributed by atoms with van der Waals surface area (Å²) in [5.41, 5.74) is 2.09. The average molecular weight is 306 g/mol. The van der Waals surface area contributed by atoms with Gasteiger partial charge in [-0.3, -0.25) is 4.79 Å². The van der Waals surface area contributed by atoms with Gasteiger partial charge in [0.15, 0.2) is 5.82 Å². The number of halogens is 1. The third-order valence-corrected chi connectivity index (χ3v) is 3.42. The Kier molecular flexibility index (Phi) is 5.39. The molecule has 0 aliphatic heterocycles. The van der Waals surface area contributed by atoms with Crippen LogP contribution in [0.15, 0.2) is 41.5 Å². The van der Waals surface area contributed by atoms with Gasteiger partial charge in [-0.1, -0.05) is 38.1 Å². The van der Waals surface area contributed by atoms with E-state index in [0.29, 0.717) is 30.7 Å². The first-order valence-electron chi connectivity index (χ1n) is 7.03. The van der Waals surface area contributed by atoms with Crippen molar-refractivity contribution in [3.05, 3.63) is 58.1 Å². The summed E-state index contributed by atoms with van der Waals surface area (Å²) in [6.07, 6.45) is 3.38. The van der Waals surface area contributed by atoms with Crippen LogP contribution in [0.25, 0.3) is 0 Å².